The summed E-state index contributed by atoms with van der Waals surface area (Å²) in [6, 6.07) is 14.2. The fourth-order valence-corrected chi connectivity index (χ4v) is 2.72. The second-order valence-corrected chi connectivity index (χ2v) is 6.12. The average molecular weight is 340 g/mol. The van der Waals surface area contributed by atoms with Gasteiger partial charge in [-0.25, -0.2) is 9.78 Å². The van der Waals surface area contributed by atoms with Crippen LogP contribution in [0.15, 0.2) is 58.2 Å². The molecule has 0 spiro atoms. The lowest BCUT2D eigenvalue weighted by molar-refractivity contribution is 0.0320. The molecule has 0 amide bonds. The van der Waals surface area contributed by atoms with Gasteiger partial charge in [-0.2, -0.15) is 0 Å². The predicted molar refractivity (Wildman–Crippen MR) is 94.4 cm³/mol. The number of aromatic nitrogens is 2. The zero-order valence-electron chi connectivity index (χ0n) is 13.3. The van der Waals surface area contributed by atoms with Crippen molar-refractivity contribution in [3.05, 3.63) is 70.3 Å². The summed E-state index contributed by atoms with van der Waals surface area (Å²) in [7, 11) is 0. The van der Waals surface area contributed by atoms with E-state index in [9.17, 15) is 9.59 Å². The molecular formula is C18H16N2O3S. The lowest BCUT2D eigenvalue weighted by Gasteiger charge is -2.13. The van der Waals surface area contributed by atoms with E-state index in [1.807, 2.05) is 24.5 Å². The van der Waals surface area contributed by atoms with Gasteiger partial charge in [0.15, 0.2) is 11.9 Å². The van der Waals surface area contributed by atoms with E-state index in [1.165, 1.54) is 0 Å². The quantitative estimate of drug-likeness (QED) is 0.581. The molecule has 0 bridgehead atoms. The number of benzene rings is 2. The van der Waals surface area contributed by atoms with Crippen LogP contribution in [0.3, 0.4) is 0 Å². The Labute approximate surface area is 143 Å². The normalized spacial score (nSPS) is 12.1. The third-order valence-electron chi connectivity index (χ3n) is 3.63. The number of H-pyrrole nitrogens is 1. The van der Waals surface area contributed by atoms with Crippen molar-refractivity contribution in [3.8, 4) is 0 Å². The van der Waals surface area contributed by atoms with Crippen molar-refractivity contribution in [2.24, 2.45) is 0 Å². The first-order valence-corrected chi connectivity index (χ1v) is 8.65. The molecule has 1 heterocycles. The van der Waals surface area contributed by atoms with E-state index in [1.54, 1.807) is 49.0 Å². The van der Waals surface area contributed by atoms with Gasteiger partial charge in [0.1, 0.15) is 0 Å². The van der Waals surface area contributed by atoms with Crippen molar-refractivity contribution < 1.29 is 9.53 Å². The number of aromatic amines is 1. The van der Waals surface area contributed by atoms with E-state index in [4.69, 9.17) is 4.74 Å². The molecule has 0 aliphatic carbocycles. The second-order valence-electron chi connectivity index (χ2n) is 5.24. The maximum Gasteiger partial charge on any atom is 0.338 e. The van der Waals surface area contributed by atoms with E-state index < -0.39 is 12.1 Å². The lowest BCUT2D eigenvalue weighted by atomic mass is 10.2. The first-order chi connectivity index (χ1) is 11.6. The molecule has 2 aromatic carbocycles. The van der Waals surface area contributed by atoms with E-state index in [-0.39, 0.29) is 5.56 Å². The molecule has 0 saturated heterocycles. The molecule has 5 nitrogen and oxygen atoms in total. The Balaban J connectivity index is 1.82. The number of fused-ring (bicyclic) bond motifs is 1. The highest BCUT2D eigenvalue weighted by Crippen LogP contribution is 2.19. The molecule has 24 heavy (non-hydrogen) atoms. The summed E-state index contributed by atoms with van der Waals surface area (Å²) >= 11 is 1.60. The van der Waals surface area contributed by atoms with Crippen LogP contribution in [0, 0.1) is 0 Å². The van der Waals surface area contributed by atoms with Crippen LogP contribution in [0.5, 0.6) is 0 Å². The van der Waals surface area contributed by atoms with Crippen LogP contribution in [-0.2, 0) is 4.74 Å². The molecular weight excluding hydrogens is 324 g/mol. The van der Waals surface area contributed by atoms with Gasteiger partial charge in [-0.15, -0.1) is 11.8 Å². The zero-order chi connectivity index (χ0) is 17.1. The monoisotopic (exact) mass is 340 g/mol. The third kappa shape index (κ3) is 3.33. The van der Waals surface area contributed by atoms with Crippen molar-refractivity contribution in [1.82, 2.24) is 9.97 Å². The maximum atomic E-state index is 12.2. The Bertz CT molecular complexity index is 935. The van der Waals surface area contributed by atoms with Crippen molar-refractivity contribution in [3.63, 3.8) is 0 Å². The maximum absolute atomic E-state index is 12.2. The molecule has 0 fully saturated rings. The number of esters is 1. The van der Waals surface area contributed by atoms with Crippen LogP contribution < -0.4 is 5.56 Å². The Morgan fingerprint density at radius 1 is 1.17 bits per heavy atom. The minimum Gasteiger partial charge on any atom is -0.451 e. The highest BCUT2D eigenvalue weighted by Gasteiger charge is 2.16. The third-order valence-corrected chi connectivity index (χ3v) is 4.37. The first kappa shape index (κ1) is 16.3. The smallest absolute Gasteiger partial charge is 0.338 e. The minimum absolute atomic E-state index is 0.247. The molecule has 3 rings (SSSR count). The van der Waals surface area contributed by atoms with Gasteiger partial charge >= 0.3 is 5.97 Å². The highest BCUT2D eigenvalue weighted by atomic mass is 32.2. The van der Waals surface area contributed by atoms with E-state index in [0.717, 1.165) is 4.90 Å². The molecule has 1 aromatic heterocycles. The van der Waals surface area contributed by atoms with Gasteiger partial charge in [-0.1, -0.05) is 12.1 Å². The van der Waals surface area contributed by atoms with Gasteiger partial charge in [-0.05, 0) is 49.6 Å². The Morgan fingerprint density at radius 2 is 1.88 bits per heavy atom. The van der Waals surface area contributed by atoms with Crippen molar-refractivity contribution in [2.45, 2.75) is 17.9 Å². The fourth-order valence-electron chi connectivity index (χ4n) is 2.31. The summed E-state index contributed by atoms with van der Waals surface area (Å²) in [5.74, 6) is -0.126. The van der Waals surface area contributed by atoms with Crippen LogP contribution in [0.2, 0.25) is 0 Å². The standard InChI is InChI=1S/C18H16N2O3S/c1-11(23-18(22)12-7-9-13(24-2)10-8-12)16-19-15-6-4-3-5-14(15)17(21)20-16/h3-11H,1-2H3,(H,19,20,21)/t11-/m1/s1. The molecule has 1 atom stereocenters. The van der Waals surface area contributed by atoms with Gasteiger partial charge in [-0.3, -0.25) is 4.79 Å². The number of thioether (sulfide) groups is 1. The number of carbonyl (C=O) groups is 1. The summed E-state index contributed by atoms with van der Waals surface area (Å²) < 4.78 is 5.42. The average Bonchev–Trinajstić information content (AvgIpc) is 2.61. The number of hydrogen-bond acceptors (Lipinski definition) is 5. The van der Waals surface area contributed by atoms with Gasteiger partial charge < -0.3 is 9.72 Å². The molecule has 0 aliphatic heterocycles. The Kier molecular flexibility index (Phi) is 4.66. The summed E-state index contributed by atoms with van der Waals surface area (Å²) in [6.45, 7) is 1.68. The minimum atomic E-state index is -0.657. The summed E-state index contributed by atoms with van der Waals surface area (Å²) in [6.07, 6.45) is 1.31. The number of hydrogen-bond donors (Lipinski definition) is 1. The van der Waals surface area contributed by atoms with Crippen molar-refractivity contribution in [1.29, 1.82) is 0 Å². The number of rotatable bonds is 4. The van der Waals surface area contributed by atoms with Gasteiger partial charge in [0, 0.05) is 4.90 Å². The topological polar surface area (TPSA) is 72.0 Å². The van der Waals surface area contributed by atoms with E-state index >= 15 is 0 Å². The number of nitrogens with one attached hydrogen (secondary N) is 1. The molecule has 0 saturated carbocycles. The van der Waals surface area contributed by atoms with Crippen molar-refractivity contribution in [2.75, 3.05) is 6.26 Å². The zero-order valence-corrected chi connectivity index (χ0v) is 14.1. The summed E-state index contributed by atoms with van der Waals surface area (Å²) in [5.41, 5.74) is 0.786. The molecule has 0 radical (unpaired) electrons. The number of ether oxygens (including phenoxy) is 1. The van der Waals surface area contributed by atoms with Crippen molar-refractivity contribution >= 4 is 28.6 Å². The molecule has 0 unspecified atom stereocenters. The second kappa shape index (κ2) is 6.88. The molecule has 122 valence electrons. The van der Waals surface area contributed by atoms with E-state index in [0.29, 0.717) is 22.3 Å². The van der Waals surface area contributed by atoms with Crippen LogP contribution in [0.1, 0.15) is 29.2 Å². The fraction of sp³-hybridized carbons (Fsp3) is 0.167. The van der Waals surface area contributed by atoms with Crippen LogP contribution in [0.25, 0.3) is 10.9 Å². The molecule has 3 aromatic rings. The summed E-state index contributed by atoms with van der Waals surface area (Å²) in [5, 5.41) is 0.507. The van der Waals surface area contributed by atoms with Crippen LogP contribution >= 0.6 is 11.8 Å². The summed E-state index contributed by atoms with van der Waals surface area (Å²) in [4.78, 5) is 32.4. The largest absolute Gasteiger partial charge is 0.451 e. The molecule has 6 heteroatoms. The molecule has 1 N–H and O–H groups in total. The van der Waals surface area contributed by atoms with Crippen LogP contribution in [0.4, 0.5) is 0 Å². The predicted octanol–water partition coefficient (Wildman–Crippen LogP) is 3.56. The van der Waals surface area contributed by atoms with E-state index in [2.05, 4.69) is 9.97 Å². The SMILES string of the molecule is CSc1ccc(C(=O)O[C@H](C)c2nc3ccccc3c(=O)[nH]2)cc1. The Hall–Kier alpha value is -2.60. The van der Waals surface area contributed by atoms with Gasteiger partial charge in [0.2, 0.25) is 0 Å². The number of carbonyl (C=O) groups excluding carboxylic acids is 1. The Morgan fingerprint density at radius 3 is 2.58 bits per heavy atom. The molecule has 0 aliphatic rings. The van der Waals surface area contributed by atoms with Crippen LogP contribution in [-0.4, -0.2) is 22.2 Å². The first-order valence-electron chi connectivity index (χ1n) is 7.42. The number of nitrogens with zero attached hydrogens (tertiary/aromatic N) is 1. The highest BCUT2D eigenvalue weighted by molar-refractivity contribution is 7.98. The van der Waals surface area contributed by atoms with Gasteiger partial charge in [0.05, 0.1) is 16.5 Å². The lowest BCUT2D eigenvalue weighted by Crippen LogP contribution is -2.17. The van der Waals surface area contributed by atoms with Gasteiger partial charge in [0.25, 0.3) is 5.56 Å². The number of para-hydroxylation sites is 1.